The van der Waals surface area contributed by atoms with Crippen LogP contribution in [-0.4, -0.2) is 12.7 Å². The topological polar surface area (TPSA) is 9.23 Å². The van der Waals surface area contributed by atoms with Gasteiger partial charge in [0.25, 0.3) is 0 Å². The van der Waals surface area contributed by atoms with E-state index in [1.807, 2.05) is 0 Å². The second-order valence-electron chi connectivity index (χ2n) is 8.67. The van der Waals surface area contributed by atoms with E-state index >= 15 is 0 Å². The molecule has 2 saturated carbocycles. The lowest BCUT2D eigenvalue weighted by Crippen LogP contribution is -2.33. The molecule has 2 atom stereocenters. The average molecular weight is 319 g/mol. The molecular formula is C22H38O. The lowest BCUT2D eigenvalue weighted by molar-refractivity contribution is -0.0437. The van der Waals surface area contributed by atoms with Crippen LogP contribution in [0.25, 0.3) is 0 Å². The van der Waals surface area contributed by atoms with Crippen LogP contribution in [0.4, 0.5) is 0 Å². The summed E-state index contributed by atoms with van der Waals surface area (Å²) in [7, 11) is 0. The van der Waals surface area contributed by atoms with E-state index in [4.69, 9.17) is 4.74 Å². The molecule has 3 rings (SSSR count). The van der Waals surface area contributed by atoms with E-state index in [1.165, 1.54) is 77.0 Å². The minimum Gasteiger partial charge on any atom is -0.378 e. The fraction of sp³-hybridized carbons (Fsp3) is 0.909. The third kappa shape index (κ3) is 4.62. The number of allylic oxidation sites excluding steroid dienone is 1. The zero-order valence-electron chi connectivity index (χ0n) is 15.3. The molecule has 1 saturated heterocycles. The van der Waals surface area contributed by atoms with Gasteiger partial charge in [-0.1, -0.05) is 19.4 Å². The normalized spacial score (nSPS) is 42.3. The van der Waals surface area contributed by atoms with Crippen LogP contribution < -0.4 is 0 Å². The standard InChI is InChI=1S/C22H38O/c1-3-5-22-15-14-21(16-23-22)20-12-10-19(11-13-20)18-8-6-17(4-2)7-9-18/h4,17-22H,2-3,5-16H2,1H3. The Morgan fingerprint density at radius 3 is 1.78 bits per heavy atom. The molecule has 0 aromatic heterocycles. The molecule has 0 amide bonds. The number of hydrogen-bond donors (Lipinski definition) is 0. The third-order valence-electron chi connectivity index (χ3n) is 7.32. The predicted molar refractivity (Wildman–Crippen MR) is 98.5 cm³/mol. The van der Waals surface area contributed by atoms with Gasteiger partial charge in [-0.2, -0.15) is 0 Å². The van der Waals surface area contributed by atoms with E-state index in [-0.39, 0.29) is 0 Å². The number of rotatable bonds is 5. The van der Waals surface area contributed by atoms with Gasteiger partial charge in [-0.15, -0.1) is 6.58 Å². The second-order valence-corrected chi connectivity index (χ2v) is 8.67. The molecule has 0 N–H and O–H groups in total. The van der Waals surface area contributed by atoms with Crippen LogP contribution in [0.1, 0.15) is 84.0 Å². The van der Waals surface area contributed by atoms with Gasteiger partial charge in [0, 0.05) is 0 Å². The van der Waals surface area contributed by atoms with Gasteiger partial charge in [0.2, 0.25) is 0 Å². The van der Waals surface area contributed by atoms with Crippen molar-refractivity contribution in [2.75, 3.05) is 6.61 Å². The van der Waals surface area contributed by atoms with E-state index in [0.717, 1.165) is 36.2 Å². The molecule has 0 bridgehead atoms. The summed E-state index contributed by atoms with van der Waals surface area (Å²) in [6, 6.07) is 0. The van der Waals surface area contributed by atoms with Gasteiger partial charge in [0.1, 0.15) is 0 Å². The Labute approximate surface area is 144 Å². The van der Waals surface area contributed by atoms with Gasteiger partial charge in [-0.25, -0.2) is 0 Å². The Morgan fingerprint density at radius 2 is 1.30 bits per heavy atom. The van der Waals surface area contributed by atoms with Crippen LogP contribution in [0.5, 0.6) is 0 Å². The van der Waals surface area contributed by atoms with Gasteiger partial charge in [-0.3, -0.25) is 0 Å². The molecule has 2 aliphatic carbocycles. The van der Waals surface area contributed by atoms with E-state index in [2.05, 4.69) is 19.6 Å². The molecule has 3 fully saturated rings. The number of hydrogen-bond acceptors (Lipinski definition) is 1. The number of ether oxygens (including phenoxy) is 1. The highest BCUT2D eigenvalue weighted by molar-refractivity contribution is 4.88. The van der Waals surface area contributed by atoms with E-state index in [0.29, 0.717) is 6.10 Å². The van der Waals surface area contributed by atoms with Crippen LogP contribution in [0.15, 0.2) is 12.7 Å². The summed E-state index contributed by atoms with van der Waals surface area (Å²) in [6.45, 7) is 7.33. The van der Waals surface area contributed by atoms with Gasteiger partial charge in [0.05, 0.1) is 12.7 Å². The fourth-order valence-corrected chi connectivity index (χ4v) is 5.69. The van der Waals surface area contributed by atoms with Crippen molar-refractivity contribution in [2.24, 2.45) is 29.6 Å². The van der Waals surface area contributed by atoms with Crippen molar-refractivity contribution in [3.63, 3.8) is 0 Å². The highest BCUT2D eigenvalue weighted by atomic mass is 16.5. The molecule has 23 heavy (non-hydrogen) atoms. The highest BCUT2D eigenvalue weighted by Crippen LogP contribution is 2.44. The van der Waals surface area contributed by atoms with Gasteiger partial charge < -0.3 is 4.74 Å². The summed E-state index contributed by atoms with van der Waals surface area (Å²) in [5.74, 6) is 4.73. The predicted octanol–water partition coefficient (Wildman–Crippen LogP) is 6.38. The first-order valence-electron chi connectivity index (χ1n) is 10.5. The lowest BCUT2D eigenvalue weighted by Gasteiger charge is -2.41. The molecule has 0 spiro atoms. The van der Waals surface area contributed by atoms with Crippen molar-refractivity contribution >= 4 is 0 Å². The van der Waals surface area contributed by atoms with Crippen LogP contribution in [-0.2, 0) is 4.74 Å². The largest absolute Gasteiger partial charge is 0.378 e. The van der Waals surface area contributed by atoms with E-state index in [9.17, 15) is 0 Å². The maximum Gasteiger partial charge on any atom is 0.0575 e. The summed E-state index contributed by atoms with van der Waals surface area (Å²) in [5.41, 5.74) is 0. The van der Waals surface area contributed by atoms with Gasteiger partial charge >= 0.3 is 0 Å². The van der Waals surface area contributed by atoms with Gasteiger partial charge in [0.15, 0.2) is 0 Å². The first kappa shape index (κ1) is 17.5. The van der Waals surface area contributed by atoms with E-state index in [1.54, 1.807) is 0 Å². The Hall–Kier alpha value is -0.300. The molecule has 1 heterocycles. The van der Waals surface area contributed by atoms with Gasteiger partial charge in [-0.05, 0) is 100 Å². The maximum atomic E-state index is 6.14. The summed E-state index contributed by atoms with van der Waals surface area (Å²) in [6.07, 6.45) is 19.8. The quantitative estimate of drug-likeness (QED) is 0.534. The average Bonchev–Trinajstić information content (AvgIpc) is 2.63. The molecule has 0 aromatic rings. The summed E-state index contributed by atoms with van der Waals surface area (Å²) < 4.78 is 6.14. The van der Waals surface area contributed by atoms with Crippen molar-refractivity contribution in [3.05, 3.63) is 12.7 Å². The van der Waals surface area contributed by atoms with Crippen molar-refractivity contribution in [3.8, 4) is 0 Å². The van der Waals surface area contributed by atoms with Crippen LogP contribution >= 0.6 is 0 Å². The minimum atomic E-state index is 0.577. The molecule has 2 unspecified atom stereocenters. The lowest BCUT2D eigenvalue weighted by atomic mass is 9.67. The van der Waals surface area contributed by atoms with Crippen LogP contribution in [0, 0.1) is 29.6 Å². The fourth-order valence-electron chi connectivity index (χ4n) is 5.69. The summed E-state index contributed by atoms with van der Waals surface area (Å²) in [4.78, 5) is 0. The maximum absolute atomic E-state index is 6.14. The molecule has 1 heteroatoms. The van der Waals surface area contributed by atoms with Crippen molar-refractivity contribution in [1.82, 2.24) is 0 Å². The van der Waals surface area contributed by atoms with Crippen LogP contribution in [0.3, 0.4) is 0 Å². The smallest absolute Gasteiger partial charge is 0.0575 e. The Bertz CT molecular complexity index is 339. The Balaban J connectivity index is 1.38. The van der Waals surface area contributed by atoms with Crippen LogP contribution in [0.2, 0.25) is 0 Å². The Kier molecular flexibility index (Phi) is 6.62. The molecular weight excluding hydrogens is 280 g/mol. The van der Waals surface area contributed by atoms with E-state index < -0.39 is 0 Å². The molecule has 0 radical (unpaired) electrons. The highest BCUT2D eigenvalue weighted by Gasteiger charge is 2.34. The van der Waals surface area contributed by atoms with Crippen molar-refractivity contribution in [1.29, 1.82) is 0 Å². The molecule has 132 valence electrons. The zero-order chi connectivity index (χ0) is 16.1. The first-order valence-corrected chi connectivity index (χ1v) is 10.5. The minimum absolute atomic E-state index is 0.577. The first-order chi connectivity index (χ1) is 11.3. The summed E-state index contributed by atoms with van der Waals surface area (Å²) in [5, 5.41) is 0. The Morgan fingerprint density at radius 1 is 0.783 bits per heavy atom. The molecule has 1 aliphatic heterocycles. The molecule has 1 nitrogen and oxygen atoms in total. The summed E-state index contributed by atoms with van der Waals surface area (Å²) >= 11 is 0. The molecule has 3 aliphatic rings. The zero-order valence-corrected chi connectivity index (χ0v) is 15.3. The second kappa shape index (κ2) is 8.70. The third-order valence-corrected chi connectivity index (χ3v) is 7.32. The van der Waals surface area contributed by atoms with Crippen molar-refractivity contribution in [2.45, 2.75) is 90.1 Å². The SMILES string of the molecule is C=CC1CCC(C2CCC(C3CCC(CCC)OC3)CC2)CC1. The molecule has 0 aromatic carbocycles. The monoisotopic (exact) mass is 318 g/mol. The van der Waals surface area contributed by atoms with Crippen molar-refractivity contribution < 1.29 is 4.74 Å².